The van der Waals surface area contributed by atoms with E-state index in [-0.39, 0.29) is 5.63 Å². The molecule has 0 fully saturated rings. The van der Waals surface area contributed by atoms with Gasteiger partial charge in [-0.2, -0.15) is 0 Å². The van der Waals surface area contributed by atoms with Crippen LogP contribution in [-0.2, 0) is 25.9 Å². The molecule has 0 saturated heterocycles. The molecular weight excluding hydrogens is 354 g/mol. The maximum atomic E-state index is 12.5. The SMILES string of the molecule is O=c1oc2c3c(c(Cl)cc2c2c1CCCC2)OC[NH+](Cc1ccco1)C3. The second-order valence-corrected chi connectivity index (χ2v) is 7.48. The van der Waals surface area contributed by atoms with Gasteiger partial charge in [0.2, 0.25) is 6.73 Å². The van der Waals surface area contributed by atoms with Crippen molar-refractivity contribution >= 4 is 22.6 Å². The first-order valence-corrected chi connectivity index (χ1v) is 9.37. The largest absolute Gasteiger partial charge is 0.463 e. The van der Waals surface area contributed by atoms with Crippen molar-refractivity contribution in [2.45, 2.75) is 38.8 Å². The van der Waals surface area contributed by atoms with E-state index in [0.29, 0.717) is 36.2 Å². The zero-order chi connectivity index (χ0) is 17.7. The maximum Gasteiger partial charge on any atom is 0.339 e. The van der Waals surface area contributed by atoms with Gasteiger partial charge in [-0.15, -0.1) is 0 Å². The number of hydrogen-bond acceptors (Lipinski definition) is 4. The Morgan fingerprint density at radius 1 is 1.15 bits per heavy atom. The predicted octanol–water partition coefficient (Wildman–Crippen LogP) is 2.85. The van der Waals surface area contributed by atoms with Crippen LogP contribution in [0, 0.1) is 0 Å². The van der Waals surface area contributed by atoms with Crippen LogP contribution in [0.1, 0.15) is 35.3 Å². The van der Waals surface area contributed by atoms with Crippen molar-refractivity contribution < 1.29 is 18.5 Å². The Kier molecular flexibility index (Phi) is 3.80. The number of fused-ring (bicyclic) bond motifs is 5. The Labute approximate surface area is 155 Å². The lowest BCUT2D eigenvalue weighted by Crippen LogP contribution is -3.10. The molecule has 0 spiro atoms. The lowest BCUT2D eigenvalue weighted by atomic mass is 9.90. The Hall–Kier alpha value is -2.24. The average molecular weight is 373 g/mol. The fourth-order valence-electron chi connectivity index (χ4n) is 4.16. The number of ether oxygens (including phenoxy) is 1. The molecule has 0 amide bonds. The van der Waals surface area contributed by atoms with Crippen LogP contribution in [0.25, 0.3) is 11.0 Å². The van der Waals surface area contributed by atoms with Gasteiger partial charge in [-0.3, -0.25) is 4.90 Å². The lowest BCUT2D eigenvalue weighted by Gasteiger charge is -2.27. The summed E-state index contributed by atoms with van der Waals surface area (Å²) in [4.78, 5) is 13.7. The first kappa shape index (κ1) is 16.0. The number of quaternary nitrogens is 1. The number of halogens is 1. The lowest BCUT2D eigenvalue weighted by molar-refractivity contribution is -0.946. The van der Waals surface area contributed by atoms with Crippen LogP contribution in [0.4, 0.5) is 0 Å². The van der Waals surface area contributed by atoms with E-state index < -0.39 is 0 Å². The van der Waals surface area contributed by atoms with Crippen molar-refractivity contribution in [1.29, 1.82) is 0 Å². The van der Waals surface area contributed by atoms with Crippen molar-refractivity contribution in [3.05, 3.63) is 62.4 Å². The van der Waals surface area contributed by atoms with E-state index in [1.165, 1.54) is 4.90 Å². The second-order valence-electron chi connectivity index (χ2n) is 7.07. The average Bonchev–Trinajstić information content (AvgIpc) is 3.16. The molecule has 134 valence electrons. The molecule has 1 aliphatic carbocycles. The summed E-state index contributed by atoms with van der Waals surface area (Å²) >= 11 is 6.52. The van der Waals surface area contributed by atoms with Gasteiger partial charge in [0.15, 0.2) is 17.1 Å². The molecule has 2 aliphatic rings. The van der Waals surface area contributed by atoms with Gasteiger partial charge in [-0.1, -0.05) is 11.6 Å². The zero-order valence-electron chi connectivity index (χ0n) is 14.3. The summed E-state index contributed by atoms with van der Waals surface area (Å²) in [6.45, 7) is 1.87. The third-order valence-corrected chi connectivity index (χ3v) is 5.65. The number of aryl methyl sites for hydroxylation is 1. The van der Waals surface area contributed by atoms with E-state index in [1.54, 1.807) is 6.26 Å². The summed E-state index contributed by atoms with van der Waals surface area (Å²) in [7, 11) is 0. The summed E-state index contributed by atoms with van der Waals surface area (Å²) < 4.78 is 17.2. The Morgan fingerprint density at radius 2 is 2.00 bits per heavy atom. The molecule has 2 aromatic heterocycles. The normalized spacial score (nSPS) is 19.0. The monoisotopic (exact) mass is 372 g/mol. The van der Waals surface area contributed by atoms with Crippen LogP contribution >= 0.6 is 11.6 Å². The summed E-state index contributed by atoms with van der Waals surface area (Å²) in [6, 6.07) is 5.74. The molecule has 1 aromatic carbocycles. The minimum Gasteiger partial charge on any atom is -0.463 e. The van der Waals surface area contributed by atoms with Gasteiger partial charge in [0.1, 0.15) is 13.1 Å². The van der Waals surface area contributed by atoms with Gasteiger partial charge in [0, 0.05) is 10.9 Å². The molecule has 1 aliphatic heterocycles. The van der Waals surface area contributed by atoms with Gasteiger partial charge < -0.3 is 13.6 Å². The highest BCUT2D eigenvalue weighted by Crippen LogP contribution is 2.38. The Balaban J connectivity index is 1.64. The standard InChI is InChI=1S/C20H18ClNO4/c21-17-8-15-13-5-1-2-6-14(13)20(23)26-18(15)16-10-22(11-25-19(16)17)9-12-4-3-7-24-12/h3-4,7-8H,1-2,5-6,9-11H2/p+1. The predicted molar refractivity (Wildman–Crippen MR) is 96.7 cm³/mol. The quantitative estimate of drug-likeness (QED) is 0.703. The minimum atomic E-state index is -0.213. The highest BCUT2D eigenvalue weighted by Gasteiger charge is 2.29. The summed E-state index contributed by atoms with van der Waals surface area (Å²) in [5.41, 5.74) is 3.22. The van der Waals surface area contributed by atoms with Gasteiger partial charge in [0.25, 0.3) is 0 Å². The Bertz CT molecular complexity index is 1040. The molecular formula is C20H19ClNO4+. The van der Waals surface area contributed by atoms with E-state index in [1.807, 2.05) is 18.2 Å². The van der Waals surface area contributed by atoms with Crippen molar-refractivity contribution in [3.63, 3.8) is 0 Å². The van der Waals surface area contributed by atoms with Crippen LogP contribution in [0.5, 0.6) is 5.75 Å². The third kappa shape index (κ3) is 2.54. The molecule has 1 N–H and O–H groups in total. The molecule has 1 unspecified atom stereocenters. The van der Waals surface area contributed by atoms with E-state index in [0.717, 1.165) is 53.5 Å². The van der Waals surface area contributed by atoms with Crippen molar-refractivity contribution in [2.75, 3.05) is 6.73 Å². The first-order chi connectivity index (χ1) is 12.7. The summed E-state index contributed by atoms with van der Waals surface area (Å²) in [6.07, 6.45) is 5.48. The minimum absolute atomic E-state index is 0.213. The van der Waals surface area contributed by atoms with Crippen LogP contribution < -0.4 is 15.3 Å². The van der Waals surface area contributed by atoms with Crippen molar-refractivity contribution in [2.24, 2.45) is 0 Å². The van der Waals surface area contributed by atoms with Crippen molar-refractivity contribution in [1.82, 2.24) is 0 Å². The van der Waals surface area contributed by atoms with Crippen LogP contribution in [0.15, 0.2) is 38.1 Å². The molecule has 0 radical (unpaired) electrons. The second kappa shape index (κ2) is 6.18. The van der Waals surface area contributed by atoms with E-state index >= 15 is 0 Å². The van der Waals surface area contributed by atoms with Gasteiger partial charge in [-0.25, -0.2) is 4.79 Å². The van der Waals surface area contributed by atoms with Crippen LogP contribution in [-0.4, -0.2) is 6.73 Å². The fourth-order valence-corrected chi connectivity index (χ4v) is 4.43. The molecule has 3 heterocycles. The van der Waals surface area contributed by atoms with Gasteiger partial charge in [-0.05, 0) is 49.4 Å². The van der Waals surface area contributed by atoms with E-state index in [2.05, 4.69) is 0 Å². The third-order valence-electron chi connectivity index (χ3n) is 5.37. The molecule has 0 bridgehead atoms. The highest BCUT2D eigenvalue weighted by molar-refractivity contribution is 6.33. The maximum absolute atomic E-state index is 12.5. The smallest absolute Gasteiger partial charge is 0.339 e. The van der Waals surface area contributed by atoms with Gasteiger partial charge >= 0.3 is 5.63 Å². The molecule has 26 heavy (non-hydrogen) atoms. The molecule has 3 aromatic rings. The summed E-state index contributed by atoms with van der Waals surface area (Å²) in [5.74, 6) is 1.54. The topological polar surface area (TPSA) is 57.0 Å². The molecule has 1 atom stereocenters. The fraction of sp³-hybridized carbons (Fsp3) is 0.350. The number of furan rings is 1. The number of nitrogens with one attached hydrogen (secondary N) is 1. The molecule has 0 saturated carbocycles. The van der Waals surface area contributed by atoms with E-state index in [9.17, 15) is 4.79 Å². The first-order valence-electron chi connectivity index (χ1n) is 8.99. The molecule has 5 rings (SSSR count). The molecule has 5 nitrogen and oxygen atoms in total. The highest BCUT2D eigenvalue weighted by atomic mass is 35.5. The number of rotatable bonds is 2. The zero-order valence-corrected chi connectivity index (χ0v) is 15.0. The summed E-state index contributed by atoms with van der Waals surface area (Å²) in [5, 5.41) is 1.55. The van der Waals surface area contributed by atoms with Crippen LogP contribution in [0.3, 0.4) is 0 Å². The van der Waals surface area contributed by atoms with E-state index in [4.69, 9.17) is 25.2 Å². The van der Waals surface area contributed by atoms with Crippen LogP contribution in [0.2, 0.25) is 5.02 Å². The number of benzene rings is 1. The number of hydrogen-bond donors (Lipinski definition) is 1. The van der Waals surface area contributed by atoms with Crippen molar-refractivity contribution in [3.8, 4) is 5.75 Å². The molecule has 6 heteroatoms. The van der Waals surface area contributed by atoms with Gasteiger partial charge in [0.05, 0.1) is 16.8 Å². The Morgan fingerprint density at radius 3 is 2.81 bits per heavy atom.